The third-order valence-electron chi connectivity index (χ3n) is 2.39. The van der Waals surface area contributed by atoms with E-state index in [0.29, 0.717) is 18.7 Å². The maximum absolute atomic E-state index is 5.33. The van der Waals surface area contributed by atoms with Gasteiger partial charge in [-0.05, 0) is 6.07 Å². The Morgan fingerprint density at radius 1 is 1.64 bits per heavy atom. The first-order valence-electron chi connectivity index (χ1n) is 4.67. The van der Waals surface area contributed by atoms with Crippen LogP contribution in [-0.4, -0.2) is 29.9 Å². The van der Waals surface area contributed by atoms with Gasteiger partial charge in [0.25, 0.3) is 6.02 Å². The van der Waals surface area contributed by atoms with Gasteiger partial charge >= 0.3 is 0 Å². The second kappa shape index (κ2) is 3.24. The summed E-state index contributed by atoms with van der Waals surface area (Å²) < 4.78 is 5.33. The van der Waals surface area contributed by atoms with Crippen LogP contribution < -0.4 is 5.32 Å². The first-order valence-corrected chi connectivity index (χ1v) is 5.66. The molecule has 0 aromatic carbocycles. The average Bonchev–Trinajstić information content (AvgIpc) is 2.85. The summed E-state index contributed by atoms with van der Waals surface area (Å²) in [7, 11) is 0. The van der Waals surface area contributed by atoms with Crippen LogP contribution in [0.25, 0.3) is 0 Å². The predicted octanol–water partition coefficient (Wildman–Crippen LogP) is 1.14. The molecule has 0 amide bonds. The molecule has 14 heavy (non-hydrogen) atoms. The lowest BCUT2D eigenvalue weighted by molar-refractivity contribution is 0.327. The van der Waals surface area contributed by atoms with Crippen LogP contribution in [0, 0.1) is 0 Å². The van der Waals surface area contributed by atoms with Crippen LogP contribution in [-0.2, 0) is 4.74 Å². The number of H-pyrrole nitrogens is 1. The number of thioether (sulfide) groups is 1. The molecule has 2 N–H and O–H groups in total. The van der Waals surface area contributed by atoms with Gasteiger partial charge in [-0.15, -0.1) is 11.8 Å². The lowest BCUT2D eigenvalue weighted by atomic mass is 10.2. The largest absolute Gasteiger partial charge is 0.463 e. The minimum atomic E-state index is 0.345. The molecule has 2 aliphatic rings. The topological polar surface area (TPSA) is 49.4 Å². The molecular weight excluding hydrogens is 198 g/mol. The van der Waals surface area contributed by atoms with Crippen LogP contribution in [0.4, 0.5) is 0 Å². The molecule has 0 saturated heterocycles. The Balaban J connectivity index is 1.75. The smallest absolute Gasteiger partial charge is 0.285 e. The average molecular weight is 209 g/mol. The fraction of sp³-hybridized carbons (Fsp3) is 0.444. The summed E-state index contributed by atoms with van der Waals surface area (Å²) >= 11 is 1.84. The minimum absolute atomic E-state index is 0.345. The number of ether oxygens (including phenoxy) is 1. The molecule has 1 atom stereocenters. The lowest BCUT2D eigenvalue weighted by Gasteiger charge is -2.12. The van der Waals surface area contributed by atoms with E-state index >= 15 is 0 Å². The summed E-state index contributed by atoms with van der Waals surface area (Å²) in [6.45, 7) is 1.49. The number of aliphatic imine (C=N–C) groups is 1. The molecule has 74 valence electrons. The number of amidine groups is 1. The third kappa shape index (κ3) is 1.28. The van der Waals surface area contributed by atoms with Gasteiger partial charge < -0.3 is 15.0 Å². The van der Waals surface area contributed by atoms with Crippen LogP contribution in [0.5, 0.6) is 0 Å². The quantitative estimate of drug-likeness (QED) is 0.729. The maximum Gasteiger partial charge on any atom is 0.285 e. The standard InChI is InChI=1S/C9H11N3OS/c1-2-10-8-6(1)7(5-14-8)12-9-11-3-4-13-9/h1-2,7,10H,3-5H2,(H,11,12). The fourth-order valence-corrected chi connectivity index (χ4v) is 2.84. The summed E-state index contributed by atoms with van der Waals surface area (Å²) in [5.74, 6) is 1.05. The van der Waals surface area contributed by atoms with Crippen molar-refractivity contribution >= 4 is 17.8 Å². The molecule has 3 rings (SSSR count). The molecule has 1 aromatic heterocycles. The molecule has 0 bridgehead atoms. The highest BCUT2D eigenvalue weighted by Crippen LogP contribution is 2.36. The van der Waals surface area contributed by atoms with Gasteiger partial charge in [-0.2, -0.15) is 0 Å². The Labute approximate surface area is 86.1 Å². The summed E-state index contributed by atoms with van der Waals surface area (Å²) in [4.78, 5) is 7.44. The summed E-state index contributed by atoms with van der Waals surface area (Å²) in [6.07, 6.45) is 1.98. The number of aromatic nitrogens is 1. The van der Waals surface area contributed by atoms with E-state index in [1.165, 1.54) is 10.6 Å². The van der Waals surface area contributed by atoms with E-state index in [-0.39, 0.29) is 0 Å². The molecule has 0 radical (unpaired) electrons. The van der Waals surface area contributed by atoms with Crippen molar-refractivity contribution < 1.29 is 4.74 Å². The number of nitrogens with zero attached hydrogens (tertiary/aromatic N) is 1. The number of nitrogens with one attached hydrogen (secondary N) is 2. The van der Waals surface area contributed by atoms with Crippen molar-refractivity contribution in [3.8, 4) is 0 Å². The number of fused-ring (bicyclic) bond motifs is 1. The van der Waals surface area contributed by atoms with Crippen molar-refractivity contribution in [3.05, 3.63) is 17.8 Å². The van der Waals surface area contributed by atoms with Crippen LogP contribution >= 0.6 is 11.8 Å². The molecule has 0 aliphatic carbocycles. The zero-order chi connectivity index (χ0) is 9.38. The summed E-state index contributed by atoms with van der Waals surface area (Å²) in [6, 6.07) is 3.16. The molecular formula is C9H11N3OS. The highest BCUT2D eigenvalue weighted by atomic mass is 32.2. The van der Waals surface area contributed by atoms with Crippen LogP contribution in [0.2, 0.25) is 0 Å². The van der Waals surface area contributed by atoms with Gasteiger partial charge in [0.1, 0.15) is 6.61 Å². The van der Waals surface area contributed by atoms with E-state index in [1.807, 2.05) is 18.0 Å². The molecule has 0 spiro atoms. The predicted molar refractivity (Wildman–Crippen MR) is 55.6 cm³/mol. The number of hydrogen-bond donors (Lipinski definition) is 2. The third-order valence-corrected chi connectivity index (χ3v) is 3.53. The van der Waals surface area contributed by atoms with Crippen molar-refractivity contribution in [2.75, 3.05) is 18.9 Å². The van der Waals surface area contributed by atoms with Gasteiger partial charge in [0.15, 0.2) is 0 Å². The van der Waals surface area contributed by atoms with E-state index in [2.05, 4.69) is 21.4 Å². The Hall–Kier alpha value is -1.10. The second-order valence-electron chi connectivity index (χ2n) is 3.31. The van der Waals surface area contributed by atoms with Crippen molar-refractivity contribution in [1.29, 1.82) is 0 Å². The normalized spacial score (nSPS) is 24.3. The highest BCUT2D eigenvalue weighted by molar-refractivity contribution is 7.99. The van der Waals surface area contributed by atoms with Crippen LogP contribution in [0.3, 0.4) is 0 Å². The van der Waals surface area contributed by atoms with E-state index in [4.69, 9.17) is 4.74 Å². The monoisotopic (exact) mass is 209 g/mol. The van der Waals surface area contributed by atoms with Crippen molar-refractivity contribution in [2.24, 2.45) is 4.99 Å². The molecule has 3 heterocycles. The fourth-order valence-electron chi connectivity index (χ4n) is 1.71. The highest BCUT2D eigenvalue weighted by Gasteiger charge is 2.25. The lowest BCUT2D eigenvalue weighted by Crippen LogP contribution is -2.28. The van der Waals surface area contributed by atoms with E-state index in [9.17, 15) is 0 Å². The number of rotatable bonds is 1. The van der Waals surface area contributed by atoms with Crippen molar-refractivity contribution in [3.63, 3.8) is 0 Å². The van der Waals surface area contributed by atoms with Gasteiger partial charge in [-0.3, -0.25) is 0 Å². The Bertz CT molecular complexity index is 374. The van der Waals surface area contributed by atoms with E-state index < -0.39 is 0 Å². The van der Waals surface area contributed by atoms with Gasteiger partial charge in [0.2, 0.25) is 0 Å². The molecule has 2 aliphatic heterocycles. The molecule has 0 fully saturated rings. The van der Waals surface area contributed by atoms with Crippen molar-refractivity contribution in [2.45, 2.75) is 11.1 Å². The molecule has 5 heteroatoms. The van der Waals surface area contributed by atoms with E-state index in [1.54, 1.807) is 0 Å². The SMILES string of the molecule is c1cc2c([nH]1)SCC2NC1=NCCO1. The summed E-state index contributed by atoms with van der Waals surface area (Å²) in [5, 5.41) is 4.57. The number of hydrogen-bond acceptors (Lipinski definition) is 4. The maximum atomic E-state index is 5.33. The van der Waals surface area contributed by atoms with Crippen molar-refractivity contribution in [1.82, 2.24) is 10.3 Å². The van der Waals surface area contributed by atoms with E-state index in [0.717, 1.165) is 12.3 Å². The molecule has 1 aromatic rings. The number of aromatic amines is 1. The molecule has 1 unspecified atom stereocenters. The first-order chi connectivity index (χ1) is 6.93. The zero-order valence-corrected chi connectivity index (χ0v) is 8.43. The second-order valence-corrected chi connectivity index (χ2v) is 4.34. The molecule has 0 saturated carbocycles. The van der Waals surface area contributed by atoms with Crippen LogP contribution in [0.15, 0.2) is 22.3 Å². The van der Waals surface area contributed by atoms with Gasteiger partial charge in [0.05, 0.1) is 17.6 Å². The zero-order valence-electron chi connectivity index (χ0n) is 7.62. The Morgan fingerprint density at radius 2 is 2.64 bits per heavy atom. The van der Waals surface area contributed by atoms with Gasteiger partial charge in [0, 0.05) is 17.5 Å². The molecule has 4 nitrogen and oxygen atoms in total. The van der Waals surface area contributed by atoms with Crippen LogP contribution in [0.1, 0.15) is 11.6 Å². The van der Waals surface area contributed by atoms with Gasteiger partial charge in [-0.1, -0.05) is 0 Å². The summed E-state index contributed by atoms with van der Waals surface area (Å²) in [5.41, 5.74) is 1.33. The van der Waals surface area contributed by atoms with Gasteiger partial charge in [-0.25, -0.2) is 4.99 Å². The Kier molecular flexibility index (Phi) is 1.90. The minimum Gasteiger partial charge on any atom is -0.463 e. The first kappa shape index (κ1) is 8.23. The Morgan fingerprint density at radius 3 is 3.50 bits per heavy atom.